The molecule has 1 atom stereocenters. The molecule has 3 aliphatic heterocycles. The molecule has 3 fully saturated rings. The lowest BCUT2D eigenvalue weighted by molar-refractivity contribution is -0.135. The van der Waals surface area contributed by atoms with Gasteiger partial charge in [-0.3, -0.25) is 9.69 Å². The second-order valence-electron chi connectivity index (χ2n) is 8.28. The van der Waals surface area contributed by atoms with E-state index in [2.05, 4.69) is 4.90 Å². The Hall–Kier alpha value is -1.95. The molecule has 4 rings (SSSR count). The van der Waals surface area contributed by atoms with Crippen molar-refractivity contribution in [3.63, 3.8) is 0 Å². The van der Waals surface area contributed by atoms with Gasteiger partial charge < -0.3 is 4.90 Å². The summed E-state index contributed by atoms with van der Waals surface area (Å²) in [6, 6.07) is 8.50. The molecule has 1 aromatic rings. The van der Waals surface area contributed by atoms with Crippen LogP contribution >= 0.6 is 0 Å². The van der Waals surface area contributed by atoms with E-state index in [1.165, 1.54) is 41.4 Å². The van der Waals surface area contributed by atoms with Gasteiger partial charge in [-0.2, -0.15) is 9.57 Å². The minimum Gasteiger partial charge on any atom is -0.341 e. The highest BCUT2D eigenvalue weighted by Gasteiger charge is 2.37. The van der Waals surface area contributed by atoms with Crippen molar-refractivity contribution in [2.75, 3.05) is 39.3 Å². The van der Waals surface area contributed by atoms with E-state index < -0.39 is 10.0 Å². The number of carbonyl (C=O) groups excluding carboxylic acids is 1. The van der Waals surface area contributed by atoms with Gasteiger partial charge in [0.1, 0.15) is 0 Å². The molecule has 1 amide bonds. The monoisotopic (exact) mass is 416 g/mol. The molecule has 29 heavy (non-hydrogen) atoms. The van der Waals surface area contributed by atoms with Gasteiger partial charge >= 0.3 is 0 Å². The number of hydrogen-bond acceptors (Lipinski definition) is 5. The maximum Gasteiger partial charge on any atom is 0.243 e. The zero-order chi connectivity index (χ0) is 20.4. The van der Waals surface area contributed by atoms with Gasteiger partial charge in [0.15, 0.2) is 0 Å². The highest BCUT2D eigenvalue weighted by molar-refractivity contribution is 7.89. The summed E-state index contributed by atoms with van der Waals surface area (Å²) >= 11 is 0. The Kier molecular flexibility index (Phi) is 5.91. The van der Waals surface area contributed by atoms with E-state index in [1.54, 1.807) is 0 Å². The van der Waals surface area contributed by atoms with Crippen LogP contribution in [0.4, 0.5) is 0 Å². The van der Waals surface area contributed by atoms with Gasteiger partial charge in [0.25, 0.3) is 0 Å². The summed E-state index contributed by atoms with van der Waals surface area (Å²) in [6.07, 6.45) is 4.71. The highest BCUT2D eigenvalue weighted by atomic mass is 32.2. The van der Waals surface area contributed by atoms with Crippen LogP contribution in [0.5, 0.6) is 0 Å². The van der Waals surface area contributed by atoms with Crippen LogP contribution in [0.15, 0.2) is 29.2 Å². The smallest absolute Gasteiger partial charge is 0.243 e. The number of benzene rings is 1. The third kappa shape index (κ3) is 4.18. The molecular weight excluding hydrogens is 388 g/mol. The molecule has 1 unspecified atom stereocenters. The topological polar surface area (TPSA) is 84.7 Å². The van der Waals surface area contributed by atoms with E-state index in [4.69, 9.17) is 5.26 Å². The Morgan fingerprint density at radius 1 is 0.966 bits per heavy atom. The van der Waals surface area contributed by atoms with Crippen LogP contribution in [0.1, 0.15) is 37.7 Å². The van der Waals surface area contributed by atoms with Crippen molar-refractivity contribution in [2.24, 2.45) is 5.92 Å². The van der Waals surface area contributed by atoms with Gasteiger partial charge in [-0.15, -0.1) is 0 Å². The summed E-state index contributed by atoms with van der Waals surface area (Å²) in [4.78, 5) is 17.7. The van der Waals surface area contributed by atoms with Crippen molar-refractivity contribution in [1.29, 1.82) is 5.26 Å². The first kappa shape index (κ1) is 20.3. The first-order valence-corrected chi connectivity index (χ1v) is 12.0. The summed E-state index contributed by atoms with van der Waals surface area (Å²) in [5, 5.41) is 8.88. The summed E-state index contributed by atoms with van der Waals surface area (Å²) in [7, 11) is -3.58. The molecule has 156 valence electrons. The number of nitriles is 1. The first-order valence-electron chi connectivity index (χ1n) is 10.5. The molecule has 3 saturated heterocycles. The Labute approximate surface area is 172 Å². The van der Waals surface area contributed by atoms with Crippen LogP contribution in [0.2, 0.25) is 0 Å². The lowest BCUT2D eigenvalue weighted by Gasteiger charge is -2.32. The number of nitrogens with zero attached hydrogens (tertiary/aromatic N) is 4. The molecule has 0 aromatic heterocycles. The second-order valence-corrected chi connectivity index (χ2v) is 10.2. The van der Waals surface area contributed by atoms with Crippen molar-refractivity contribution >= 4 is 15.9 Å². The number of piperidine rings is 1. The van der Waals surface area contributed by atoms with E-state index in [0.29, 0.717) is 37.5 Å². The van der Waals surface area contributed by atoms with Crippen LogP contribution in [0, 0.1) is 17.2 Å². The molecule has 0 bridgehead atoms. The van der Waals surface area contributed by atoms with Gasteiger partial charge in [-0.05, 0) is 69.5 Å². The average Bonchev–Trinajstić information content (AvgIpc) is 3.45. The SMILES string of the molecule is N#Cc1ccc(S(=O)(=O)N2CCC(C(=O)N3CCC(N4CCCC4)C3)CC2)cc1. The van der Waals surface area contributed by atoms with Crippen LogP contribution < -0.4 is 0 Å². The van der Waals surface area contributed by atoms with Crippen LogP contribution in [0.3, 0.4) is 0 Å². The maximum atomic E-state index is 13.0. The van der Waals surface area contributed by atoms with E-state index >= 15 is 0 Å². The Morgan fingerprint density at radius 2 is 1.62 bits per heavy atom. The molecule has 0 radical (unpaired) electrons. The van der Waals surface area contributed by atoms with Crippen LogP contribution in [-0.2, 0) is 14.8 Å². The van der Waals surface area contributed by atoms with Gasteiger partial charge in [-0.25, -0.2) is 8.42 Å². The predicted molar refractivity (Wildman–Crippen MR) is 108 cm³/mol. The number of likely N-dealkylation sites (tertiary alicyclic amines) is 2. The van der Waals surface area contributed by atoms with Crippen molar-refractivity contribution in [1.82, 2.24) is 14.1 Å². The van der Waals surface area contributed by atoms with Crippen molar-refractivity contribution in [3.05, 3.63) is 29.8 Å². The largest absolute Gasteiger partial charge is 0.341 e. The average molecular weight is 417 g/mol. The lowest BCUT2D eigenvalue weighted by atomic mass is 9.96. The molecule has 0 spiro atoms. The third-order valence-corrected chi connectivity index (χ3v) is 8.47. The van der Waals surface area contributed by atoms with Crippen molar-refractivity contribution in [2.45, 2.75) is 43.0 Å². The molecule has 0 N–H and O–H groups in total. The van der Waals surface area contributed by atoms with Crippen molar-refractivity contribution in [3.8, 4) is 6.07 Å². The summed E-state index contributed by atoms with van der Waals surface area (Å²) in [5.41, 5.74) is 0.436. The van der Waals surface area contributed by atoms with E-state index in [9.17, 15) is 13.2 Å². The Morgan fingerprint density at radius 3 is 2.24 bits per heavy atom. The maximum absolute atomic E-state index is 13.0. The highest BCUT2D eigenvalue weighted by Crippen LogP contribution is 2.28. The zero-order valence-corrected chi connectivity index (χ0v) is 17.5. The number of rotatable bonds is 4. The quantitative estimate of drug-likeness (QED) is 0.745. The second kappa shape index (κ2) is 8.42. The zero-order valence-electron chi connectivity index (χ0n) is 16.7. The Balaban J connectivity index is 1.33. The molecule has 7 nitrogen and oxygen atoms in total. The fourth-order valence-electron chi connectivity index (χ4n) is 4.80. The Bertz CT molecular complexity index is 879. The van der Waals surface area contributed by atoms with Crippen LogP contribution in [-0.4, -0.2) is 73.7 Å². The molecule has 0 aliphatic carbocycles. The van der Waals surface area contributed by atoms with Gasteiger partial charge in [0.2, 0.25) is 15.9 Å². The van der Waals surface area contributed by atoms with Gasteiger partial charge in [0.05, 0.1) is 16.5 Å². The van der Waals surface area contributed by atoms with Gasteiger partial charge in [0, 0.05) is 38.1 Å². The third-order valence-electron chi connectivity index (χ3n) is 6.56. The molecule has 3 aliphatic rings. The minimum atomic E-state index is -3.58. The minimum absolute atomic E-state index is 0.0836. The number of carbonyl (C=O) groups is 1. The van der Waals surface area contributed by atoms with E-state index in [0.717, 1.165) is 32.6 Å². The molecule has 8 heteroatoms. The predicted octanol–water partition coefficient (Wildman–Crippen LogP) is 1.66. The molecular formula is C21H28N4O3S. The van der Waals surface area contributed by atoms with E-state index in [-0.39, 0.29) is 16.7 Å². The molecule has 1 aromatic carbocycles. The summed E-state index contributed by atoms with van der Waals surface area (Å²) in [5.74, 6) is 0.113. The first-order chi connectivity index (χ1) is 14.0. The summed E-state index contributed by atoms with van der Waals surface area (Å²) in [6.45, 7) is 4.67. The molecule has 3 heterocycles. The van der Waals surface area contributed by atoms with Gasteiger partial charge in [-0.1, -0.05) is 0 Å². The standard InChI is InChI=1S/C21H28N4O3S/c22-15-17-3-5-20(6-4-17)29(27,28)25-13-7-18(8-14-25)21(26)24-12-9-19(16-24)23-10-1-2-11-23/h3-6,18-19H,1-2,7-14,16H2. The fraction of sp³-hybridized carbons (Fsp3) is 0.619. The van der Waals surface area contributed by atoms with Crippen molar-refractivity contribution < 1.29 is 13.2 Å². The lowest BCUT2D eigenvalue weighted by Crippen LogP contribution is -2.44. The summed E-state index contributed by atoms with van der Waals surface area (Å²) < 4.78 is 27.2. The fourth-order valence-corrected chi connectivity index (χ4v) is 6.27. The number of sulfonamides is 1. The normalized spacial score (nSPS) is 24.7. The molecule has 0 saturated carbocycles. The number of amides is 1. The number of hydrogen-bond donors (Lipinski definition) is 0. The van der Waals surface area contributed by atoms with E-state index in [1.807, 2.05) is 11.0 Å². The van der Waals surface area contributed by atoms with Crippen LogP contribution in [0.25, 0.3) is 0 Å².